The van der Waals surface area contributed by atoms with E-state index in [0.29, 0.717) is 9.80 Å². The first-order valence-corrected chi connectivity index (χ1v) is 8.85. The number of fused-ring (bicyclic) bond motifs is 1. The Labute approximate surface area is 145 Å². The van der Waals surface area contributed by atoms with Crippen molar-refractivity contribution in [2.45, 2.75) is 18.9 Å². The molecule has 0 radical (unpaired) electrons. The lowest BCUT2D eigenvalue weighted by atomic mass is 10.0. The van der Waals surface area contributed by atoms with Gasteiger partial charge >= 0.3 is 7.82 Å². The number of amides is 4. The minimum atomic E-state index is -4.94. The van der Waals surface area contributed by atoms with E-state index >= 15 is 0 Å². The number of halogens is 1. The first-order valence-electron chi connectivity index (χ1n) is 7.32. The van der Waals surface area contributed by atoms with Gasteiger partial charge in [0, 0.05) is 6.42 Å². The minimum absolute atomic E-state index is 0.0703. The van der Waals surface area contributed by atoms with Gasteiger partial charge in [0.25, 0.3) is 17.7 Å². The van der Waals surface area contributed by atoms with Crippen molar-refractivity contribution in [3.63, 3.8) is 0 Å². The quantitative estimate of drug-likeness (QED) is 0.544. The summed E-state index contributed by atoms with van der Waals surface area (Å²) in [6, 6.07) is 1.64. The van der Waals surface area contributed by atoms with Crippen molar-refractivity contribution < 1.29 is 42.4 Å². The van der Waals surface area contributed by atoms with Crippen molar-refractivity contribution in [2.24, 2.45) is 0 Å². The van der Waals surface area contributed by atoms with Crippen LogP contribution in [0.4, 0.5) is 4.39 Å². The average molecular weight is 386 g/mol. The molecular formula is C14H12FN2O8P. The fraction of sp³-hybridized carbons (Fsp3) is 0.286. The van der Waals surface area contributed by atoms with Gasteiger partial charge in [-0.15, -0.1) is 0 Å². The van der Waals surface area contributed by atoms with Crippen molar-refractivity contribution in [2.75, 3.05) is 6.73 Å². The zero-order valence-electron chi connectivity index (χ0n) is 13.0. The van der Waals surface area contributed by atoms with E-state index < -0.39 is 50.0 Å². The fourth-order valence-electron chi connectivity index (χ4n) is 2.84. The van der Waals surface area contributed by atoms with Crippen LogP contribution < -0.4 is 0 Å². The third-order valence-electron chi connectivity index (χ3n) is 4.03. The van der Waals surface area contributed by atoms with Gasteiger partial charge in [0.15, 0.2) is 0 Å². The summed E-state index contributed by atoms with van der Waals surface area (Å²) in [4.78, 5) is 67.7. The molecule has 2 aliphatic rings. The predicted molar refractivity (Wildman–Crippen MR) is 79.8 cm³/mol. The molecule has 138 valence electrons. The molecule has 0 aromatic heterocycles. The molecule has 4 amide bonds. The number of rotatable bonds is 4. The largest absolute Gasteiger partial charge is 0.471 e. The topological polar surface area (TPSA) is 142 Å². The highest BCUT2D eigenvalue weighted by molar-refractivity contribution is 7.46. The number of phosphoric acid groups is 1. The highest BCUT2D eigenvalue weighted by Gasteiger charge is 2.47. The van der Waals surface area contributed by atoms with Gasteiger partial charge in [-0.25, -0.2) is 8.96 Å². The van der Waals surface area contributed by atoms with Crippen LogP contribution in [0.3, 0.4) is 0 Å². The first kappa shape index (κ1) is 18.3. The lowest BCUT2D eigenvalue weighted by Crippen LogP contribution is -2.56. The molecule has 2 aliphatic heterocycles. The smallest absolute Gasteiger partial charge is 0.303 e. The molecule has 1 unspecified atom stereocenters. The summed E-state index contributed by atoms with van der Waals surface area (Å²) in [5.74, 6) is -4.19. The van der Waals surface area contributed by atoms with Crippen molar-refractivity contribution in [1.29, 1.82) is 0 Å². The van der Waals surface area contributed by atoms with E-state index in [4.69, 9.17) is 9.79 Å². The van der Waals surface area contributed by atoms with Gasteiger partial charge in [-0.05, 0) is 24.6 Å². The summed E-state index contributed by atoms with van der Waals surface area (Å²) in [6.07, 6.45) is -0.402. The minimum Gasteiger partial charge on any atom is -0.303 e. The zero-order chi connectivity index (χ0) is 19.2. The number of likely N-dealkylation sites (tertiary alicyclic amines) is 1. The molecule has 0 saturated carbocycles. The van der Waals surface area contributed by atoms with Crippen molar-refractivity contribution in [1.82, 2.24) is 9.80 Å². The third-order valence-corrected chi connectivity index (χ3v) is 4.48. The van der Waals surface area contributed by atoms with Crippen LogP contribution in [0.25, 0.3) is 0 Å². The standard InChI is InChI=1S/C14H12FN2O8P/c15-7-1-2-8-9(5-7)13(20)17(12(8)19)10-3-4-11(18)16(14(10)21)6-25-26(22,23)24/h1-2,5,10H,3-4,6H2,(H2,22,23,24). The molecule has 26 heavy (non-hydrogen) atoms. The Morgan fingerprint density at radius 1 is 1.15 bits per heavy atom. The van der Waals surface area contributed by atoms with Gasteiger partial charge in [-0.2, -0.15) is 0 Å². The molecule has 1 aromatic rings. The second-order valence-corrected chi connectivity index (χ2v) is 6.87. The zero-order valence-corrected chi connectivity index (χ0v) is 13.9. The molecule has 1 fully saturated rings. The Balaban J connectivity index is 1.86. The van der Waals surface area contributed by atoms with Crippen molar-refractivity contribution in [3.8, 4) is 0 Å². The van der Waals surface area contributed by atoms with E-state index in [-0.39, 0.29) is 24.0 Å². The summed E-state index contributed by atoms with van der Waals surface area (Å²) in [7, 11) is -4.94. The summed E-state index contributed by atoms with van der Waals surface area (Å²) >= 11 is 0. The molecule has 3 rings (SSSR count). The van der Waals surface area contributed by atoms with Crippen LogP contribution in [-0.2, 0) is 18.7 Å². The van der Waals surface area contributed by atoms with E-state index in [2.05, 4.69) is 4.52 Å². The maximum absolute atomic E-state index is 13.3. The van der Waals surface area contributed by atoms with Crippen LogP contribution in [0, 0.1) is 5.82 Å². The molecule has 1 atom stereocenters. The average Bonchev–Trinajstić information content (AvgIpc) is 2.78. The Bertz CT molecular complexity index is 882. The van der Waals surface area contributed by atoms with Crippen molar-refractivity contribution in [3.05, 3.63) is 35.1 Å². The number of carbonyl (C=O) groups is 4. The molecule has 1 saturated heterocycles. The number of piperidine rings is 1. The number of imide groups is 2. The number of hydrogen-bond acceptors (Lipinski definition) is 6. The van der Waals surface area contributed by atoms with Crippen LogP contribution in [0.1, 0.15) is 33.6 Å². The molecule has 0 spiro atoms. The fourth-order valence-corrected chi connectivity index (χ4v) is 3.11. The molecule has 2 heterocycles. The van der Waals surface area contributed by atoms with Gasteiger partial charge in [0.1, 0.15) is 18.6 Å². The van der Waals surface area contributed by atoms with Gasteiger partial charge in [-0.1, -0.05) is 0 Å². The molecule has 0 aliphatic carbocycles. The highest BCUT2D eigenvalue weighted by atomic mass is 31.2. The SMILES string of the molecule is O=C1CCC(N2C(=O)c3ccc(F)cc3C2=O)C(=O)N1COP(=O)(O)O. The van der Waals surface area contributed by atoms with E-state index in [9.17, 15) is 28.1 Å². The second kappa shape index (κ2) is 6.36. The van der Waals surface area contributed by atoms with Gasteiger partial charge < -0.3 is 9.79 Å². The van der Waals surface area contributed by atoms with E-state index in [0.717, 1.165) is 18.2 Å². The number of hydrogen-bond donors (Lipinski definition) is 2. The Morgan fingerprint density at radius 2 is 1.81 bits per heavy atom. The molecule has 2 N–H and O–H groups in total. The van der Waals surface area contributed by atoms with Crippen LogP contribution in [0.15, 0.2) is 18.2 Å². The molecule has 12 heteroatoms. The normalized spacial score (nSPS) is 20.8. The van der Waals surface area contributed by atoms with Gasteiger partial charge in [0.05, 0.1) is 11.1 Å². The van der Waals surface area contributed by atoms with Crippen LogP contribution >= 0.6 is 7.82 Å². The predicted octanol–water partition coefficient (Wildman–Crippen LogP) is 0.00610. The lowest BCUT2D eigenvalue weighted by Gasteiger charge is -2.34. The van der Waals surface area contributed by atoms with Gasteiger partial charge in [0.2, 0.25) is 5.91 Å². The number of benzene rings is 1. The molecule has 0 bridgehead atoms. The Hall–Kier alpha value is -2.46. The Morgan fingerprint density at radius 3 is 2.46 bits per heavy atom. The summed E-state index contributed by atoms with van der Waals surface area (Å²) in [5, 5.41) is 0. The van der Waals surface area contributed by atoms with E-state index in [1.807, 2.05) is 0 Å². The first-order chi connectivity index (χ1) is 12.1. The molecule has 1 aromatic carbocycles. The molecule has 10 nitrogen and oxygen atoms in total. The van der Waals surface area contributed by atoms with Crippen LogP contribution in [0.2, 0.25) is 0 Å². The third kappa shape index (κ3) is 3.17. The second-order valence-electron chi connectivity index (χ2n) is 5.63. The van der Waals surface area contributed by atoms with E-state index in [1.54, 1.807) is 0 Å². The summed E-state index contributed by atoms with van der Waals surface area (Å²) in [6.45, 7) is -1.02. The van der Waals surface area contributed by atoms with Crippen LogP contribution in [0.5, 0.6) is 0 Å². The summed E-state index contributed by atoms with van der Waals surface area (Å²) in [5.41, 5.74) is -0.267. The number of nitrogens with zero attached hydrogens (tertiary/aromatic N) is 2. The maximum Gasteiger partial charge on any atom is 0.471 e. The highest BCUT2D eigenvalue weighted by Crippen LogP contribution is 2.36. The van der Waals surface area contributed by atoms with Crippen molar-refractivity contribution >= 4 is 31.5 Å². The van der Waals surface area contributed by atoms with Gasteiger partial charge in [-0.3, -0.25) is 33.5 Å². The lowest BCUT2D eigenvalue weighted by molar-refractivity contribution is -0.155. The monoisotopic (exact) mass is 386 g/mol. The number of phosphoric ester groups is 1. The maximum atomic E-state index is 13.3. The van der Waals surface area contributed by atoms with Crippen LogP contribution in [-0.4, -0.2) is 56.0 Å². The molecular weight excluding hydrogens is 374 g/mol. The van der Waals surface area contributed by atoms with E-state index in [1.165, 1.54) is 0 Å². The number of carbonyl (C=O) groups excluding carboxylic acids is 4. The Kier molecular flexibility index (Phi) is 4.49. The summed E-state index contributed by atoms with van der Waals surface area (Å²) < 4.78 is 28.3.